The zero-order valence-corrected chi connectivity index (χ0v) is 52.0. The lowest BCUT2D eigenvalue weighted by Gasteiger charge is -2.30. The van der Waals surface area contributed by atoms with Crippen LogP contribution in [-0.2, 0) is 35.1 Å². The Kier molecular flexibility index (Phi) is 25.8. The van der Waals surface area contributed by atoms with Gasteiger partial charge in [0.2, 0.25) is 0 Å². The number of aromatic nitrogens is 4. The van der Waals surface area contributed by atoms with Crippen LogP contribution in [0.4, 0.5) is 17.2 Å². The van der Waals surface area contributed by atoms with Crippen LogP contribution in [0.2, 0.25) is 0 Å². The lowest BCUT2D eigenvalue weighted by Crippen LogP contribution is -2.32. The minimum Gasteiger partial charge on any atom is -0.481 e. The summed E-state index contributed by atoms with van der Waals surface area (Å²) in [6.45, 7) is 21.3. The third kappa shape index (κ3) is 21.3. The van der Waals surface area contributed by atoms with Crippen molar-refractivity contribution in [3.8, 4) is 22.5 Å². The van der Waals surface area contributed by atoms with E-state index >= 15 is 0 Å². The number of ether oxygens (including phenoxy) is 2. The largest absolute Gasteiger partial charge is 0.481 e. The number of alkyl halides is 1. The van der Waals surface area contributed by atoms with Crippen molar-refractivity contribution in [2.75, 3.05) is 59.4 Å². The van der Waals surface area contributed by atoms with Crippen molar-refractivity contribution in [3.63, 3.8) is 0 Å². The van der Waals surface area contributed by atoms with Gasteiger partial charge in [-0.2, -0.15) is 14.9 Å². The average Bonchev–Trinajstić information content (AvgIpc) is 4.41. The number of rotatable bonds is 17. The van der Waals surface area contributed by atoms with E-state index in [9.17, 15) is 24.0 Å². The minimum absolute atomic E-state index is 0.0128. The first-order valence-electron chi connectivity index (χ1n) is 30.3. The normalized spacial score (nSPS) is 17.8. The first kappa shape index (κ1) is 64.6. The molecule has 2 aromatic heterocycles. The summed E-state index contributed by atoms with van der Waals surface area (Å²) in [5, 5.41) is 20.2. The van der Waals surface area contributed by atoms with Crippen molar-refractivity contribution in [2.24, 2.45) is 47.3 Å². The number of fused-ring (bicyclic) bond motifs is 1. The Morgan fingerprint density at radius 1 is 0.704 bits per heavy atom. The molecule has 444 valence electrons. The highest BCUT2D eigenvalue weighted by Crippen LogP contribution is 2.45. The first-order valence-corrected chi connectivity index (χ1v) is 31.8. The number of allylic oxidation sites excluding steroid dienone is 2. The van der Waals surface area contributed by atoms with E-state index < -0.39 is 11.9 Å². The highest BCUT2D eigenvalue weighted by Gasteiger charge is 2.41. The zero-order valence-electron chi connectivity index (χ0n) is 49.9. The number of carbonyl (C=O) groups is 5. The van der Waals surface area contributed by atoms with Gasteiger partial charge in [-0.25, -0.2) is 0 Å². The van der Waals surface area contributed by atoms with Gasteiger partial charge in [0.1, 0.15) is 23.1 Å². The number of nitrogens with two attached hydrogens (primary N) is 1. The van der Waals surface area contributed by atoms with Crippen molar-refractivity contribution < 1.29 is 38.6 Å². The van der Waals surface area contributed by atoms with E-state index in [-0.39, 0.29) is 29.5 Å². The number of nitrogens with one attached hydrogen (secondary N) is 1. The van der Waals surface area contributed by atoms with E-state index in [1.807, 2.05) is 52.0 Å². The van der Waals surface area contributed by atoms with E-state index in [0.717, 1.165) is 117 Å². The zero-order chi connectivity index (χ0) is 58.6. The monoisotopic (exact) mass is 1230 g/mol. The molecule has 5 heterocycles. The Labute approximate surface area is 496 Å². The Morgan fingerprint density at radius 3 is 1.67 bits per heavy atom. The molecule has 15 nitrogen and oxygen atoms in total. The highest BCUT2D eigenvalue weighted by molar-refractivity contribution is 14.1. The molecule has 4 saturated carbocycles. The number of nitrogens with zero attached hydrogens (tertiary/aromatic N) is 5. The van der Waals surface area contributed by atoms with Gasteiger partial charge in [-0.1, -0.05) is 130 Å². The molecule has 4 N–H and O–H groups in total. The second-order valence-corrected chi connectivity index (χ2v) is 25.3. The van der Waals surface area contributed by atoms with Crippen LogP contribution in [0, 0.1) is 47.3 Å². The average molecular weight is 1230 g/mol. The SMILES string of the molecule is CC(=O)C(C(=O)OCC(C)C)C1CC1.CC(C)CI.CC(C)COC(=O)CC1CC1.CC1=C(C2CC2)C(=O)n2nc(-c3ccccc3)c(N3CCCCC3)c2C1.Nc1n[nH]c(-c2ccccc2)c1N1CCCCC1.O=C(O)CC1CC1. The molecule has 0 amide bonds. The molecule has 0 radical (unpaired) electrons. The van der Waals surface area contributed by atoms with E-state index in [4.69, 9.17) is 25.4 Å². The third-order valence-corrected chi connectivity index (χ3v) is 16.8. The number of hydrogen-bond donors (Lipinski definition) is 3. The summed E-state index contributed by atoms with van der Waals surface area (Å²) in [4.78, 5) is 61.6. The molecule has 4 aliphatic carbocycles. The summed E-state index contributed by atoms with van der Waals surface area (Å²) in [5.41, 5.74) is 15.9. The number of nitrogen functional groups attached to an aromatic ring is 1. The topological polar surface area (TPSA) is 203 Å². The Balaban J connectivity index is 0.000000169. The molecule has 16 heteroatoms. The molecule has 2 saturated heterocycles. The van der Waals surface area contributed by atoms with Gasteiger partial charge in [0, 0.05) is 66.6 Å². The second-order valence-electron chi connectivity index (χ2n) is 24.4. The summed E-state index contributed by atoms with van der Waals surface area (Å²) in [5.74, 6) is 2.74. The van der Waals surface area contributed by atoms with Crippen molar-refractivity contribution >= 4 is 69.4 Å². The predicted octanol–water partition coefficient (Wildman–Crippen LogP) is 13.8. The fourth-order valence-electron chi connectivity index (χ4n) is 10.0. The lowest BCUT2D eigenvalue weighted by molar-refractivity contribution is -0.153. The minimum atomic E-state index is -0.650. The van der Waals surface area contributed by atoms with E-state index in [1.54, 1.807) is 4.68 Å². The van der Waals surface area contributed by atoms with Crippen LogP contribution >= 0.6 is 22.6 Å². The lowest BCUT2D eigenvalue weighted by atomic mass is 9.95. The van der Waals surface area contributed by atoms with Crippen LogP contribution in [0.25, 0.3) is 22.5 Å². The van der Waals surface area contributed by atoms with E-state index in [2.05, 4.69) is 99.8 Å². The Morgan fingerprint density at radius 2 is 1.21 bits per heavy atom. The Hall–Kier alpha value is -5.52. The summed E-state index contributed by atoms with van der Waals surface area (Å²) < 4.78 is 13.1. The molecule has 11 rings (SSSR count). The number of carboxylic acid groups (broad SMARTS) is 1. The molecule has 81 heavy (non-hydrogen) atoms. The van der Waals surface area contributed by atoms with Crippen LogP contribution in [-0.4, -0.2) is 98.5 Å². The molecule has 2 aromatic carbocycles. The highest BCUT2D eigenvalue weighted by atomic mass is 127. The summed E-state index contributed by atoms with van der Waals surface area (Å²) in [7, 11) is 0. The number of aromatic amines is 1. The quantitative estimate of drug-likeness (QED) is 0.0390. The van der Waals surface area contributed by atoms with Gasteiger partial charge in [-0.3, -0.25) is 29.1 Å². The third-order valence-electron chi connectivity index (χ3n) is 15.0. The molecular formula is C65H94IN7O8. The maximum absolute atomic E-state index is 13.2. The molecule has 1 atom stereocenters. The van der Waals surface area contributed by atoms with Gasteiger partial charge < -0.3 is 30.1 Å². The molecule has 0 bridgehead atoms. The van der Waals surface area contributed by atoms with Gasteiger partial charge in [0.05, 0.1) is 30.3 Å². The number of benzene rings is 2. The summed E-state index contributed by atoms with van der Waals surface area (Å²) >= 11 is 2.38. The smallest absolute Gasteiger partial charge is 0.316 e. The van der Waals surface area contributed by atoms with Gasteiger partial charge in [0.15, 0.2) is 5.82 Å². The number of carbonyl (C=O) groups excluding carboxylic acids is 4. The number of H-pyrrole nitrogens is 1. The molecule has 7 aliphatic rings. The molecule has 0 spiro atoms. The molecule has 1 unspecified atom stereocenters. The van der Waals surface area contributed by atoms with Crippen molar-refractivity contribution in [3.05, 3.63) is 77.5 Å². The number of carboxylic acids is 1. The van der Waals surface area contributed by atoms with E-state index in [1.165, 1.54) is 74.0 Å². The first-order chi connectivity index (χ1) is 38.9. The van der Waals surface area contributed by atoms with Crippen molar-refractivity contribution in [1.29, 1.82) is 0 Å². The number of ketones is 1. The molecule has 4 aromatic rings. The van der Waals surface area contributed by atoms with E-state index in [0.29, 0.717) is 61.5 Å². The van der Waals surface area contributed by atoms with Gasteiger partial charge in [0.25, 0.3) is 5.91 Å². The number of anilines is 3. The Bertz CT molecular complexity index is 2650. The molecular weight excluding hydrogens is 1130 g/mol. The van der Waals surface area contributed by atoms with Crippen molar-refractivity contribution in [1.82, 2.24) is 20.0 Å². The number of hydrogen-bond acceptors (Lipinski definition) is 12. The fourth-order valence-corrected chi connectivity index (χ4v) is 10.0. The number of halogens is 1. The van der Waals surface area contributed by atoms with Crippen LogP contribution in [0.3, 0.4) is 0 Å². The second kappa shape index (κ2) is 32.4. The molecule has 6 fully saturated rings. The number of piperidine rings is 2. The predicted molar refractivity (Wildman–Crippen MR) is 333 cm³/mol. The van der Waals surface area contributed by atoms with Crippen LogP contribution in [0.1, 0.15) is 169 Å². The standard InChI is InChI=1S/C22H25N3O.C14H18N4.C11H18O3.C9H16O2.C5H8O2.C4H9I/c1-15-14-18-21(24-12-6-3-7-13-24)20(17-8-4-2-5-9-17)23-25(18)22(26)19(15)16-10-11-16;15-14-13(18-9-5-2-6-10-18)12(16-17-14)11-7-3-1-4-8-11;1-7(2)6-14-11(13)10(8(3)12)9-4-5-9;1-7(2)6-11-9(10)5-8-3-4-8;6-5(7)3-4-1-2-4;1-4(2)3-5/h2,4-5,8-9,16H,3,6-7,10-14H2,1H3;1,3-4,7-8H,2,5-6,9-10H2,(H3,15,16,17);7,9-10H,4-6H2,1-3H3;7-8H,3-6H2,1-2H3;4H,1-3H2,(H,6,7);4H,3H2,1-2H3. The van der Waals surface area contributed by atoms with Gasteiger partial charge >= 0.3 is 17.9 Å². The van der Waals surface area contributed by atoms with Crippen LogP contribution < -0.4 is 15.5 Å². The summed E-state index contributed by atoms with van der Waals surface area (Å²) in [6.07, 6.45) is 18.4. The van der Waals surface area contributed by atoms with Crippen LogP contribution in [0.5, 0.6) is 0 Å². The van der Waals surface area contributed by atoms with Gasteiger partial charge in [-0.15, -0.1) is 0 Å². The van der Waals surface area contributed by atoms with Gasteiger partial charge in [-0.05, 0) is 145 Å². The fraction of sp³-hybridized carbons (Fsp3) is 0.615. The number of Topliss-reactive ketones (excluding diaryl/α,β-unsaturated/α-hetero) is 1. The maximum atomic E-state index is 13.2. The number of aliphatic carboxylic acids is 1. The molecule has 3 aliphatic heterocycles. The maximum Gasteiger partial charge on any atom is 0.316 e. The van der Waals surface area contributed by atoms with Crippen LogP contribution in [0.15, 0.2) is 71.8 Å². The summed E-state index contributed by atoms with van der Waals surface area (Å²) in [6, 6.07) is 20.6. The van der Waals surface area contributed by atoms with Crippen molar-refractivity contribution in [2.45, 2.75) is 165 Å². The number of esters is 2.